The van der Waals surface area contributed by atoms with Gasteiger partial charge in [0.15, 0.2) is 0 Å². The summed E-state index contributed by atoms with van der Waals surface area (Å²) >= 11 is 0. The Balaban J connectivity index is 3.95. The molecule has 0 rings (SSSR count). The lowest BCUT2D eigenvalue weighted by molar-refractivity contribution is -0.139. The molecular formula is C8H13NO5. The Morgan fingerprint density at radius 2 is 2.21 bits per heavy atom. The lowest BCUT2D eigenvalue weighted by Gasteiger charge is -2.12. The van der Waals surface area contributed by atoms with E-state index in [9.17, 15) is 9.59 Å². The highest BCUT2D eigenvalue weighted by atomic mass is 16.5. The van der Waals surface area contributed by atoms with E-state index in [0.29, 0.717) is 0 Å². The molecule has 0 aromatic rings. The molecule has 0 spiro atoms. The first kappa shape index (κ1) is 12.4. The third kappa shape index (κ3) is 5.15. The maximum atomic E-state index is 10.9. The Morgan fingerprint density at radius 3 is 2.64 bits per heavy atom. The molecule has 6 heteroatoms. The van der Waals surface area contributed by atoms with Gasteiger partial charge in [0.05, 0.1) is 0 Å². The van der Waals surface area contributed by atoms with Crippen LogP contribution in [0.2, 0.25) is 0 Å². The summed E-state index contributed by atoms with van der Waals surface area (Å²) in [6.45, 7) is 3.01. The molecule has 0 aliphatic heterocycles. The minimum atomic E-state index is -1.21. The van der Waals surface area contributed by atoms with E-state index >= 15 is 0 Å². The summed E-state index contributed by atoms with van der Waals surface area (Å²) in [7, 11) is 0. The van der Waals surface area contributed by atoms with Gasteiger partial charge in [-0.15, -0.1) is 0 Å². The van der Waals surface area contributed by atoms with Gasteiger partial charge in [0.1, 0.15) is 12.6 Å². The highest BCUT2D eigenvalue weighted by Crippen LogP contribution is 1.92. The molecule has 3 N–H and O–H groups in total. The molecular weight excluding hydrogens is 190 g/mol. The minimum absolute atomic E-state index is 0.0112. The molecule has 0 unspecified atom stereocenters. The Morgan fingerprint density at radius 1 is 1.57 bits per heavy atom. The van der Waals surface area contributed by atoms with Crippen molar-refractivity contribution in [1.29, 1.82) is 0 Å². The SMILES string of the molecule is C=CCOC(=O)N[C@H](CCO)C(=O)O. The van der Waals surface area contributed by atoms with Gasteiger partial charge in [-0.1, -0.05) is 12.7 Å². The van der Waals surface area contributed by atoms with Crippen molar-refractivity contribution in [3.05, 3.63) is 12.7 Å². The van der Waals surface area contributed by atoms with Crippen LogP contribution in [0, 0.1) is 0 Å². The van der Waals surface area contributed by atoms with Gasteiger partial charge >= 0.3 is 12.1 Å². The summed E-state index contributed by atoms with van der Waals surface area (Å²) in [4.78, 5) is 21.4. The summed E-state index contributed by atoms with van der Waals surface area (Å²) in [5.41, 5.74) is 0. The van der Waals surface area contributed by atoms with Crippen molar-refractivity contribution < 1.29 is 24.5 Å². The molecule has 1 amide bonds. The van der Waals surface area contributed by atoms with Crippen molar-refractivity contribution >= 4 is 12.1 Å². The van der Waals surface area contributed by atoms with E-state index in [4.69, 9.17) is 10.2 Å². The fraction of sp³-hybridized carbons (Fsp3) is 0.500. The van der Waals surface area contributed by atoms with Crippen LogP contribution in [0.25, 0.3) is 0 Å². The van der Waals surface area contributed by atoms with E-state index < -0.39 is 18.1 Å². The molecule has 0 fully saturated rings. The Kier molecular flexibility index (Phi) is 6.13. The molecule has 0 radical (unpaired) electrons. The summed E-state index contributed by atoms with van der Waals surface area (Å²) in [6.07, 6.45) is 0.464. The van der Waals surface area contributed by atoms with Crippen LogP contribution in [-0.4, -0.2) is 41.5 Å². The van der Waals surface area contributed by atoms with E-state index in [1.165, 1.54) is 6.08 Å². The average Bonchev–Trinajstić information content (AvgIpc) is 2.14. The fourth-order valence-corrected chi connectivity index (χ4v) is 0.705. The average molecular weight is 203 g/mol. The smallest absolute Gasteiger partial charge is 0.408 e. The second-order valence-electron chi connectivity index (χ2n) is 2.43. The van der Waals surface area contributed by atoms with Crippen molar-refractivity contribution in [3.8, 4) is 0 Å². The number of aliphatic hydroxyl groups excluding tert-OH is 1. The number of hydrogen-bond acceptors (Lipinski definition) is 4. The van der Waals surface area contributed by atoms with Crippen LogP contribution < -0.4 is 5.32 Å². The van der Waals surface area contributed by atoms with Crippen LogP contribution in [0.4, 0.5) is 4.79 Å². The fourth-order valence-electron chi connectivity index (χ4n) is 0.705. The van der Waals surface area contributed by atoms with E-state index in [-0.39, 0.29) is 19.6 Å². The van der Waals surface area contributed by atoms with Crippen LogP contribution in [0.5, 0.6) is 0 Å². The van der Waals surface area contributed by atoms with Crippen molar-refractivity contribution in [2.45, 2.75) is 12.5 Å². The number of ether oxygens (including phenoxy) is 1. The summed E-state index contributed by atoms with van der Waals surface area (Å²) < 4.78 is 4.51. The highest BCUT2D eigenvalue weighted by molar-refractivity contribution is 5.79. The maximum absolute atomic E-state index is 10.9. The zero-order valence-corrected chi connectivity index (χ0v) is 7.60. The van der Waals surface area contributed by atoms with Gasteiger partial charge < -0.3 is 20.3 Å². The van der Waals surface area contributed by atoms with Crippen LogP contribution >= 0.6 is 0 Å². The van der Waals surface area contributed by atoms with Gasteiger partial charge in [-0.25, -0.2) is 9.59 Å². The number of nitrogens with one attached hydrogen (secondary N) is 1. The second kappa shape index (κ2) is 6.90. The van der Waals surface area contributed by atoms with Gasteiger partial charge in [-0.05, 0) is 0 Å². The van der Waals surface area contributed by atoms with Crippen LogP contribution in [0.1, 0.15) is 6.42 Å². The molecule has 0 aromatic carbocycles. The molecule has 0 aliphatic carbocycles. The van der Waals surface area contributed by atoms with Gasteiger partial charge in [0, 0.05) is 13.0 Å². The molecule has 0 heterocycles. The molecule has 14 heavy (non-hydrogen) atoms. The number of carbonyl (C=O) groups is 2. The maximum Gasteiger partial charge on any atom is 0.408 e. The Labute approximate surface area is 81.2 Å². The highest BCUT2D eigenvalue weighted by Gasteiger charge is 2.19. The monoisotopic (exact) mass is 203 g/mol. The summed E-state index contributed by atoms with van der Waals surface area (Å²) in [5, 5.41) is 19.2. The number of hydrogen-bond donors (Lipinski definition) is 3. The first-order chi connectivity index (χ1) is 6.61. The summed E-state index contributed by atoms with van der Waals surface area (Å²) in [6, 6.07) is -1.13. The number of aliphatic carboxylic acids is 1. The zero-order valence-electron chi connectivity index (χ0n) is 7.60. The van der Waals surface area contributed by atoms with Crippen LogP contribution in [0.15, 0.2) is 12.7 Å². The van der Waals surface area contributed by atoms with Crippen molar-refractivity contribution in [3.63, 3.8) is 0 Å². The Bertz CT molecular complexity index is 216. The third-order valence-electron chi connectivity index (χ3n) is 1.34. The Hall–Kier alpha value is -1.56. The predicted octanol–water partition coefficient (Wildman–Crippen LogP) is -0.266. The predicted molar refractivity (Wildman–Crippen MR) is 47.8 cm³/mol. The van der Waals surface area contributed by atoms with Crippen LogP contribution in [0.3, 0.4) is 0 Å². The van der Waals surface area contributed by atoms with Crippen LogP contribution in [-0.2, 0) is 9.53 Å². The first-order valence-corrected chi connectivity index (χ1v) is 3.99. The number of carbonyl (C=O) groups excluding carboxylic acids is 1. The van der Waals surface area contributed by atoms with Crippen molar-refractivity contribution in [1.82, 2.24) is 5.32 Å². The number of carboxylic acid groups (broad SMARTS) is 1. The molecule has 0 bridgehead atoms. The van der Waals surface area contributed by atoms with Crippen molar-refractivity contribution in [2.75, 3.05) is 13.2 Å². The molecule has 0 aliphatic rings. The molecule has 0 saturated heterocycles. The first-order valence-electron chi connectivity index (χ1n) is 3.99. The van der Waals surface area contributed by atoms with E-state index in [1.54, 1.807) is 0 Å². The normalized spacial score (nSPS) is 11.5. The molecule has 80 valence electrons. The van der Waals surface area contributed by atoms with E-state index in [2.05, 4.69) is 16.6 Å². The molecule has 1 atom stereocenters. The lowest BCUT2D eigenvalue weighted by Crippen LogP contribution is -2.41. The van der Waals surface area contributed by atoms with Gasteiger partial charge in [0.25, 0.3) is 0 Å². The number of aliphatic hydroxyl groups is 1. The quantitative estimate of drug-likeness (QED) is 0.516. The van der Waals surface area contributed by atoms with Gasteiger partial charge in [-0.3, -0.25) is 0 Å². The number of alkyl carbamates (subject to hydrolysis) is 1. The second-order valence-corrected chi connectivity index (χ2v) is 2.43. The number of carboxylic acids is 1. The lowest BCUT2D eigenvalue weighted by atomic mass is 10.2. The topological polar surface area (TPSA) is 95.9 Å². The van der Waals surface area contributed by atoms with Gasteiger partial charge in [-0.2, -0.15) is 0 Å². The third-order valence-corrected chi connectivity index (χ3v) is 1.34. The van der Waals surface area contributed by atoms with Gasteiger partial charge in [0.2, 0.25) is 0 Å². The van der Waals surface area contributed by atoms with E-state index in [1.807, 2.05) is 0 Å². The molecule has 6 nitrogen and oxygen atoms in total. The molecule has 0 saturated carbocycles. The standard InChI is InChI=1S/C8H13NO5/c1-2-5-14-8(13)9-6(3-4-10)7(11)12/h2,6,10H,1,3-5H2,(H,9,13)(H,11,12)/t6-/m1/s1. The van der Waals surface area contributed by atoms with E-state index in [0.717, 1.165) is 0 Å². The van der Waals surface area contributed by atoms with Crippen molar-refractivity contribution in [2.24, 2.45) is 0 Å². The molecule has 0 aromatic heterocycles. The largest absolute Gasteiger partial charge is 0.480 e. The number of rotatable bonds is 6. The zero-order chi connectivity index (χ0) is 11.0. The summed E-state index contributed by atoms with van der Waals surface area (Å²) in [5.74, 6) is -1.21. The number of amides is 1. The minimum Gasteiger partial charge on any atom is -0.480 e.